The van der Waals surface area contributed by atoms with E-state index < -0.39 is 5.97 Å². The number of aromatic carboxylic acids is 1. The molecular formula is C26H23NO5. The molecule has 0 aliphatic carbocycles. The number of carbonyl (C=O) groups is 1. The molecule has 32 heavy (non-hydrogen) atoms. The van der Waals surface area contributed by atoms with E-state index in [1.54, 1.807) is 51.8 Å². The molecule has 0 radical (unpaired) electrons. The Balaban J connectivity index is 1.79. The van der Waals surface area contributed by atoms with Crippen LogP contribution in [0.3, 0.4) is 0 Å². The monoisotopic (exact) mass is 429 g/mol. The van der Waals surface area contributed by atoms with Gasteiger partial charge in [-0.25, -0.2) is 4.79 Å². The lowest BCUT2D eigenvalue weighted by atomic mass is 9.97. The Morgan fingerprint density at radius 3 is 2.22 bits per heavy atom. The number of pyridine rings is 1. The molecule has 0 amide bonds. The smallest absolute Gasteiger partial charge is 0.335 e. The molecule has 0 atom stereocenters. The van der Waals surface area contributed by atoms with Crippen LogP contribution in [0.15, 0.2) is 66.9 Å². The van der Waals surface area contributed by atoms with Crippen LogP contribution in [0.4, 0.5) is 0 Å². The number of rotatable bonds is 7. The van der Waals surface area contributed by atoms with Crippen molar-refractivity contribution in [3.63, 3.8) is 0 Å². The molecule has 0 saturated heterocycles. The number of carboxylic acid groups (broad SMARTS) is 1. The summed E-state index contributed by atoms with van der Waals surface area (Å²) in [7, 11) is 4.86. The van der Waals surface area contributed by atoms with Gasteiger partial charge in [0.1, 0.15) is 5.75 Å². The zero-order valence-electron chi connectivity index (χ0n) is 18.1. The highest BCUT2D eigenvalue weighted by Crippen LogP contribution is 2.36. The van der Waals surface area contributed by atoms with Gasteiger partial charge in [0, 0.05) is 23.6 Å². The predicted octanol–water partition coefficient (Wildman–Crippen LogP) is 5.22. The molecule has 162 valence electrons. The molecule has 0 aliphatic rings. The van der Waals surface area contributed by atoms with Gasteiger partial charge in [-0.1, -0.05) is 18.2 Å². The highest BCUT2D eigenvalue weighted by Gasteiger charge is 2.13. The largest absolute Gasteiger partial charge is 0.496 e. The third kappa shape index (κ3) is 4.07. The lowest BCUT2D eigenvalue weighted by Gasteiger charge is -2.14. The number of methoxy groups -OCH3 is 3. The number of hydrogen-bond donors (Lipinski definition) is 1. The normalized spacial score (nSPS) is 10.7. The average molecular weight is 429 g/mol. The maximum atomic E-state index is 11.2. The molecule has 4 rings (SSSR count). The van der Waals surface area contributed by atoms with Crippen LogP contribution in [0.2, 0.25) is 0 Å². The van der Waals surface area contributed by atoms with Crippen LogP contribution in [0, 0.1) is 0 Å². The second-order valence-electron chi connectivity index (χ2n) is 7.28. The summed E-state index contributed by atoms with van der Waals surface area (Å²) in [5.74, 6) is 1.11. The molecule has 0 fully saturated rings. The molecule has 0 bridgehead atoms. The molecule has 0 spiro atoms. The van der Waals surface area contributed by atoms with E-state index in [1.807, 2.05) is 36.4 Å². The summed E-state index contributed by atoms with van der Waals surface area (Å²) < 4.78 is 16.4. The first kappa shape index (κ1) is 21.2. The minimum atomic E-state index is -0.955. The van der Waals surface area contributed by atoms with Crippen molar-refractivity contribution in [3.05, 3.63) is 83.7 Å². The van der Waals surface area contributed by atoms with Gasteiger partial charge in [-0.3, -0.25) is 4.98 Å². The maximum absolute atomic E-state index is 11.2. The van der Waals surface area contributed by atoms with Gasteiger partial charge >= 0.3 is 5.97 Å². The number of benzene rings is 3. The van der Waals surface area contributed by atoms with Gasteiger partial charge in [-0.15, -0.1) is 0 Å². The van der Waals surface area contributed by atoms with Gasteiger partial charge in [0.25, 0.3) is 0 Å². The van der Waals surface area contributed by atoms with E-state index in [4.69, 9.17) is 14.2 Å². The van der Waals surface area contributed by atoms with Crippen molar-refractivity contribution in [2.24, 2.45) is 0 Å². The van der Waals surface area contributed by atoms with Gasteiger partial charge in [-0.05, 0) is 59.0 Å². The third-order valence-electron chi connectivity index (χ3n) is 5.43. The second-order valence-corrected chi connectivity index (χ2v) is 7.28. The Bertz CT molecular complexity index is 1280. The molecule has 3 aromatic carbocycles. The van der Waals surface area contributed by atoms with E-state index in [2.05, 4.69) is 4.98 Å². The lowest BCUT2D eigenvalue weighted by Crippen LogP contribution is -1.98. The minimum absolute atomic E-state index is 0.240. The quantitative estimate of drug-likeness (QED) is 0.434. The van der Waals surface area contributed by atoms with Gasteiger partial charge < -0.3 is 19.3 Å². The van der Waals surface area contributed by atoms with Crippen LogP contribution >= 0.6 is 0 Å². The fourth-order valence-electron chi connectivity index (χ4n) is 3.77. The highest BCUT2D eigenvalue weighted by atomic mass is 16.5. The summed E-state index contributed by atoms with van der Waals surface area (Å²) in [6, 6.07) is 18.6. The molecule has 0 aliphatic heterocycles. The zero-order chi connectivity index (χ0) is 22.7. The second kappa shape index (κ2) is 8.98. The number of hydrogen-bond acceptors (Lipinski definition) is 5. The number of nitrogens with zero attached hydrogens (tertiary/aromatic N) is 1. The first-order chi connectivity index (χ1) is 15.5. The molecule has 6 nitrogen and oxygen atoms in total. The summed E-state index contributed by atoms with van der Waals surface area (Å²) in [5.41, 5.74) is 3.95. The molecule has 6 heteroatoms. The summed E-state index contributed by atoms with van der Waals surface area (Å²) in [4.78, 5) is 15.8. The van der Waals surface area contributed by atoms with Crippen LogP contribution in [-0.2, 0) is 6.42 Å². The molecule has 1 N–H and O–H groups in total. The van der Waals surface area contributed by atoms with Crippen molar-refractivity contribution in [1.82, 2.24) is 4.98 Å². The van der Waals surface area contributed by atoms with Crippen LogP contribution in [-0.4, -0.2) is 37.4 Å². The third-order valence-corrected chi connectivity index (χ3v) is 5.43. The van der Waals surface area contributed by atoms with Gasteiger partial charge in [0.05, 0.1) is 32.6 Å². The fourth-order valence-corrected chi connectivity index (χ4v) is 3.77. The van der Waals surface area contributed by atoms with Crippen molar-refractivity contribution in [3.8, 4) is 28.4 Å². The SMILES string of the molecule is COc1ccc(Cc2nccc3cc(OC)c(-c4ccc(C(=O)O)cc4)cc23)cc1OC. The van der Waals surface area contributed by atoms with Crippen LogP contribution in [0.1, 0.15) is 21.6 Å². The van der Waals surface area contributed by atoms with Crippen molar-refractivity contribution < 1.29 is 24.1 Å². The first-order valence-corrected chi connectivity index (χ1v) is 10.0. The summed E-state index contributed by atoms with van der Waals surface area (Å²) in [6.07, 6.45) is 2.40. The molecule has 4 aromatic rings. The summed E-state index contributed by atoms with van der Waals surface area (Å²) in [5, 5.41) is 11.2. The molecule has 0 saturated carbocycles. The van der Waals surface area contributed by atoms with Crippen molar-refractivity contribution in [2.45, 2.75) is 6.42 Å². The molecule has 0 unspecified atom stereocenters. The van der Waals surface area contributed by atoms with E-state index in [0.29, 0.717) is 23.7 Å². The van der Waals surface area contributed by atoms with Crippen molar-refractivity contribution >= 4 is 16.7 Å². The number of carboxylic acids is 1. The average Bonchev–Trinajstić information content (AvgIpc) is 2.83. The Morgan fingerprint density at radius 2 is 1.56 bits per heavy atom. The topological polar surface area (TPSA) is 77.9 Å². The van der Waals surface area contributed by atoms with E-state index in [1.165, 1.54) is 0 Å². The van der Waals surface area contributed by atoms with Crippen molar-refractivity contribution in [1.29, 1.82) is 0 Å². The van der Waals surface area contributed by atoms with Gasteiger partial charge in [0.2, 0.25) is 0 Å². The van der Waals surface area contributed by atoms with E-state index in [9.17, 15) is 9.90 Å². The van der Waals surface area contributed by atoms with Crippen LogP contribution in [0.5, 0.6) is 17.2 Å². The number of aromatic nitrogens is 1. The van der Waals surface area contributed by atoms with Crippen LogP contribution in [0.25, 0.3) is 21.9 Å². The lowest BCUT2D eigenvalue weighted by molar-refractivity contribution is 0.0697. The van der Waals surface area contributed by atoms with Crippen LogP contribution < -0.4 is 14.2 Å². The Morgan fingerprint density at radius 1 is 0.844 bits per heavy atom. The Hall–Kier alpha value is -4.06. The first-order valence-electron chi connectivity index (χ1n) is 10.0. The fraction of sp³-hybridized carbons (Fsp3) is 0.154. The van der Waals surface area contributed by atoms with E-state index in [-0.39, 0.29) is 5.56 Å². The van der Waals surface area contributed by atoms with Gasteiger partial charge in [-0.2, -0.15) is 0 Å². The Labute approximate surface area is 186 Å². The highest BCUT2D eigenvalue weighted by molar-refractivity contribution is 5.93. The standard InChI is InChI=1S/C26H23NO5/c1-30-23-9-4-16(13-25(23)32-3)12-22-20-15-21(17-5-7-18(8-6-17)26(28)29)24(31-2)14-19(20)10-11-27-22/h4-11,13-15H,12H2,1-3H3,(H,28,29). The summed E-state index contributed by atoms with van der Waals surface area (Å²) in [6.45, 7) is 0. The zero-order valence-corrected chi connectivity index (χ0v) is 18.1. The molecule has 1 aromatic heterocycles. The molecule has 1 heterocycles. The number of ether oxygens (including phenoxy) is 3. The van der Waals surface area contributed by atoms with E-state index >= 15 is 0 Å². The molecular weight excluding hydrogens is 406 g/mol. The number of fused-ring (bicyclic) bond motifs is 1. The predicted molar refractivity (Wildman–Crippen MR) is 123 cm³/mol. The van der Waals surface area contributed by atoms with Crippen molar-refractivity contribution in [2.75, 3.05) is 21.3 Å². The minimum Gasteiger partial charge on any atom is -0.496 e. The summed E-state index contributed by atoms with van der Waals surface area (Å²) >= 11 is 0. The maximum Gasteiger partial charge on any atom is 0.335 e. The van der Waals surface area contributed by atoms with E-state index in [0.717, 1.165) is 33.2 Å². The Kier molecular flexibility index (Phi) is 5.94. The van der Waals surface area contributed by atoms with Gasteiger partial charge in [0.15, 0.2) is 11.5 Å².